The van der Waals surface area contributed by atoms with Gasteiger partial charge in [-0.15, -0.1) is 4.48 Å². The maximum absolute atomic E-state index is 14.6. The van der Waals surface area contributed by atoms with E-state index in [-0.39, 0.29) is 6.61 Å². The van der Waals surface area contributed by atoms with Crippen LogP contribution in [0.3, 0.4) is 0 Å². The van der Waals surface area contributed by atoms with Crippen molar-refractivity contribution in [1.29, 1.82) is 0 Å². The lowest BCUT2D eigenvalue weighted by Crippen LogP contribution is -2.59. The SMILES string of the molecule is CCN(CC)CCCNC(=O)NC1SN(F)C(OCc2ccccc2)C1(Br)C(N)=O. The number of carbonyl (C=O) groups excluding carboxylic acids is 2. The second kappa shape index (κ2) is 11.8. The highest BCUT2D eigenvalue weighted by Crippen LogP contribution is 2.47. The minimum atomic E-state index is -1.64. The van der Waals surface area contributed by atoms with E-state index in [0.717, 1.165) is 31.6 Å². The summed E-state index contributed by atoms with van der Waals surface area (Å²) in [4.78, 5) is 26.7. The molecule has 4 N–H and O–H groups in total. The van der Waals surface area contributed by atoms with Crippen molar-refractivity contribution < 1.29 is 18.8 Å². The first-order valence-corrected chi connectivity index (χ1v) is 11.5. The van der Waals surface area contributed by atoms with Crippen LogP contribution in [0.1, 0.15) is 25.8 Å². The average Bonchev–Trinajstić information content (AvgIpc) is 2.97. The molecular formula is C19H29BrFN5O3S. The van der Waals surface area contributed by atoms with Crippen LogP contribution in [0.25, 0.3) is 0 Å². The highest BCUT2D eigenvalue weighted by molar-refractivity contribution is 9.10. The van der Waals surface area contributed by atoms with Crippen LogP contribution in [0, 0.1) is 0 Å². The zero-order valence-corrected chi connectivity index (χ0v) is 19.5. The third-order valence-electron chi connectivity index (χ3n) is 4.85. The molecule has 1 fully saturated rings. The number of primary amides is 1. The lowest BCUT2D eigenvalue weighted by molar-refractivity contribution is -0.137. The number of nitrogens with zero attached hydrogens (tertiary/aromatic N) is 2. The number of hydrogen-bond acceptors (Lipinski definition) is 6. The van der Waals surface area contributed by atoms with E-state index in [0.29, 0.717) is 23.0 Å². The van der Waals surface area contributed by atoms with Crippen LogP contribution in [0.2, 0.25) is 0 Å². The van der Waals surface area contributed by atoms with Crippen molar-refractivity contribution in [2.75, 3.05) is 26.2 Å². The molecule has 8 nitrogen and oxygen atoms in total. The fraction of sp³-hybridized carbons (Fsp3) is 0.579. The van der Waals surface area contributed by atoms with Crippen LogP contribution in [-0.2, 0) is 16.1 Å². The van der Waals surface area contributed by atoms with Crippen molar-refractivity contribution in [3.63, 3.8) is 0 Å². The lowest BCUT2D eigenvalue weighted by atomic mass is 10.1. The van der Waals surface area contributed by atoms with Gasteiger partial charge >= 0.3 is 6.03 Å². The summed E-state index contributed by atoms with van der Waals surface area (Å²) in [7, 11) is 0. The number of halogens is 2. The molecule has 0 spiro atoms. The number of alkyl halides is 1. The number of nitrogens with two attached hydrogens (primary N) is 1. The quantitative estimate of drug-likeness (QED) is 0.185. The normalized spacial score (nSPS) is 24.2. The molecule has 1 aliphatic rings. The molecule has 3 amide bonds. The third-order valence-corrected chi connectivity index (χ3v) is 7.49. The Morgan fingerprint density at radius 2 is 2.00 bits per heavy atom. The van der Waals surface area contributed by atoms with E-state index in [1.54, 1.807) is 0 Å². The number of carbonyl (C=O) groups is 2. The highest BCUT2D eigenvalue weighted by Gasteiger charge is 2.60. The van der Waals surface area contributed by atoms with Gasteiger partial charge in [-0.2, -0.15) is 0 Å². The van der Waals surface area contributed by atoms with Crippen molar-refractivity contribution in [2.24, 2.45) is 5.73 Å². The van der Waals surface area contributed by atoms with Gasteiger partial charge < -0.3 is 26.0 Å². The molecule has 3 unspecified atom stereocenters. The van der Waals surface area contributed by atoms with E-state index < -0.39 is 27.9 Å². The molecule has 11 heteroatoms. The summed E-state index contributed by atoms with van der Waals surface area (Å²) in [6.07, 6.45) is -0.534. The second-order valence-electron chi connectivity index (χ2n) is 6.82. The Bertz CT molecular complexity index is 700. The Balaban J connectivity index is 1.93. The van der Waals surface area contributed by atoms with E-state index in [2.05, 4.69) is 45.3 Å². The van der Waals surface area contributed by atoms with E-state index in [1.165, 1.54) is 0 Å². The molecule has 1 aromatic rings. The smallest absolute Gasteiger partial charge is 0.315 e. The first kappa shape index (κ1) is 24.9. The summed E-state index contributed by atoms with van der Waals surface area (Å²) in [5.74, 6) is -0.833. The average molecular weight is 506 g/mol. The van der Waals surface area contributed by atoms with Gasteiger partial charge in [-0.25, -0.2) is 4.79 Å². The van der Waals surface area contributed by atoms with Gasteiger partial charge in [0.15, 0.2) is 10.6 Å². The molecule has 0 aromatic heterocycles. The van der Waals surface area contributed by atoms with Crippen molar-refractivity contribution >= 4 is 39.8 Å². The topological polar surface area (TPSA) is 99.9 Å². The van der Waals surface area contributed by atoms with E-state index in [9.17, 15) is 14.1 Å². The molecule has 168 valence electrons. The predicted molar refractivity (Wildman–Crippen MR) is 119 cm³/mol. The van der Waals surface area contributed by atoms with Crippen molar-refractivity contribution in [1.82, 2.24) is 20.1 Å². The second-order valence-corrected chi connectivity index (χ2v) is 9.16. The molecule has 0 saturated carbocycles. The van der Waals surface area contributed by atoms with Crippen LogP contribution < -0.4 is 16.4 Å². The minimum Gasteiger partial charge on any atom is -0.368 e. The molecule has 2 rings (SSSR count). The fourth-order valence-electron chi connectivity index (χ4n) is 3.04. The fourth-order valence-corrected chi connectivity index (χ4v) is 4.93. The van der Waals surface area contributed by atoms with E-state index in [1.807, 2.05) is 30.3 Å². The summed E-state index contributed by atoms with van der Waals surface area (Å²) >= 11 is 3.89. The summed E-state index contributed by atoms with van der Waals surface area (Å²) in [6, 6.07) is 8.67. The van der Waals surface area contributed by atoms with Crippen LogP contribution in [-0.4, -0.2) is 63.5 Å². The van der Waals surface area contributed by atoms with Gasteiger partial charge in [0.05, 0.1) is 6.61 Å². The van der Waals surface area contributed by atoms with Gasteiger partial charge in [0.25, 0.3) is 0 Å². The van der Waals surface area contributed by atoms with Gasteiger partial charge in [-0.05, 0) is 43.6 Å². The minimum absolute atomic E-state index is 0.0807. The van der Waals surface area contributed by atoms with Crippen LogP contribution in [0.15, 0.2) is 30.3 Å². The van der Waals surface area contributed by atoms with E-state index >= 15 is 0 Å². The van der Waals surface area contributed by atoms with Crippen LogP contribution in [0.4, 0.5) is 9.28 Å². The van der Waals surface area contributed by atoms with Gasteiger partial charge in [0.2, 0.25) is 5.91 Å². The molecule has 1 aliphatic heterocycles. The Morgan fingerprint density at radius 1 is 1.33 bits per heavy atom. The molecule has 1 aromatic carbocycles. The molecule has 1 saturated heterocycles. The van der Waals surface area contributed by atoms with Gasteiger partial charge in [0, 0.05) is 6.54 Å². The van der Waals surface area contributed by atoms with Gasteiger partial charge in [-0.3, -0.25) is 4.79 Å². The molecule has 0 bridgehead atoms. The monoisotopic (exact) mass is 505 g/mol. The zero-order valence-electron chi connectivity index (χ0n) is 17.1. The summed E-state index contributed by atoms with van der Waals surface area (Å²) in [5, 5.41) is 4.37. The van der Waals surface area contributed by atoms with Crippen molar-refractivity contribution in [2.45, 2.75) is 42.8 Å². The first-order chi connectivity index (χ1) is 14.3. The Morgan fingerprint density at radius 3 is 2.60 bits per heavy atom. The number of urea groups is 1. The number of nitrogens with one attached hydrogen (secondary N) is 2. The molecular weight excluding hydrogens is 477 g/mol. The summed E-state index contributed by atoms with van der Waals surface area (Å²) < 4.78 is 18.9. The van der Waals surface area contributed by atoms with Crippen LogP contribution in [0.5, 0.6) is 0 Å². The molecule has 0 radical (unpaired) electrons. The number of hydrogen-bond donors (Lipinski definition) is 3. The zero-order chi connectivity index (χ0) is 22.1. The van der Waals surface area contributed by atoms with Crippen LogP contribution >= 0.6 is 27.9 Å². The molecule has 0 aliphatic carbocycles. The van der Waals surface area contributed by atoms with Crippen molar-refractivity contribution in [3.8, 4) is 0 Å². The molecule has 1 heterocycles. The van der Waals surface area contributed by atoms with Gasteiger partial charge in [-0.1, -0.05) is 64.6 Å². The maximum Gasteiger partial charge on any atom is 0.315 e. The Kier molecular flexibility index (Phi) is 9.82. The Hall–Kier alpha value is -1.40. The van der Waals surface area contributed by atoms with Crippen molar-refractivity contribution in [3.05, 3.63) is 35.9 Å². The predicted octanol–water partition coefficient (Wildman–Crippen LogP) is 2.35. The number of rotatable bonds is 11. The number of benzene rings is 1. The standard InChI is InChI=1S/C19H29BrFN5O3S/c1-3-25(4-2)12-8-11-23-18(28)24-16-19(20,15(22)27)17(26(21)30-16)29-13-14-9-6-5-7-10-14/h5-7,9-10,16-17H,3-4,8,11-13H2,1-2H3,(H2,22,27)(H2,23,24,28). The maximum atomic E-state index is 14.6. The van der Waals surface area contributed by atoms with E-state index in [4.69, 9.17) is 10.5 Å². The highest BCUT2D eigenvalue weighted by atomic mass is 79.9. The largest absolute Gasteiger partial charge is 0.368 e. The van der Waals surface area contributed by atoms with Gasteiger partial charge in [0.1, 0.15) is 5.37 Å². The third kappa shape index (κ3) is 6.30. The summed E-state index contributed by atoms with van der Waals surface area (Å²) in [6.45, 7) is 7.46. The summed E-state index contributed by atoms with van der Waals surface area (Å²) in [5.41, 5.74) is 6.37. The Labute approximate surface area is 189 Å². The molecule has 3 atom stereocenters. The first-order valence-electron chi connectivity index (χ1n) is 9.85. The lowest BCUT2D eigenvalue weighted by Gasteiger charge is -2.29. The molecule has 30 heavy (non-hydrogen) atoms. The number of amides is 3. The number of ether oxygens (including phenoxy) is 1.